The topological polar surface area (TPSA) is 67.3 Å². The number of aromatic nitrogens is 1. The molecule has 1 aromatic heterocycles. The summed E-state index contributed by atoms with van der Waals surface area (Å²) in [6.45, 7) is 0. The Bertz CT molecular complexity index is 528. The monoisotopic (exact) mass is 268 g/mol. The molecule has 1 unspecified atom stereocenters. The lowest BCUT2D eigenvalue weighted by Gasteiger charge is -2.23. The van der Waals surface area contributed by atoms with Crippen molar-refractivity contribution in [3.05, 3.63) is 30.1 Å². The summed E-state index contributed by atoms with van der Waals surface area (Å²) in [5.41, 5.74) is 0.891. The molecule has 1 fully saturated rings. The molecule has 5 nitrogen and oxygen atoms in total. The normalized spacial score (nSPS) is 21.7. The Morgan fingerprint density at radius 3 is 2.67 bits per heavy atom. The molecule has 0 bridgehead atoms. The van der Waals surface area contributed by atoms with E-state index in [1.807, 2.05) is 0 Å². The van der Waals surface area contributed by atoms with Crippen molar-refractivity contribution in [1.82, 2.24) is 9.88 Å². The number of sulfone groups is 1. The smallest absolute Gasteiger partial charge is 0.227 e. The molecule has 18 heavy (non-hydrogen) atoms. The van der Waals surface area contributed by atoms with Crippen LogP contribution < -0.4 is 0 Å². The van der Waals surface area contributed by atoms with Gasteiger partial charge in [0.05, 0.1) is 17.9 Å². The number of amides is 1. The molecule has 1 atom stereocenters. The number of hydrogen-bond donors (Lipinski definition) is 0. The van der Waals surface area contributed by atoms with Crippen LogP contribution in [0.25, 0.3) is 0 Å². The minimum Gasteiger partial charge on any atom is -0.341 e. The van der Waals surface area contributed by atoms with Gasteiger partial charge in [0.1, 0.15) is 0 Å². The van der Waals surface area contributed by atoms with Gasteiger partial charge in [0.25, 0.3) is 0 Å². The van der Waals surface area contributed by atoms with Crippen LogP contribution in [0.4, 0.5) is 0 Å². The van der Waals surface area contributed by atoms with Gasteiger partial charge in [0.2, 0.25) is 5.91 Å². The van der Waals surface area contributed by atoms with Gasteiger partial charge in [-0.3, -0.25) is 9.78 Å². The third-order valence-corrected chi connectivity index (χ3v) is 5.00. The van der Waals surface area contributed by atoms with Gasteiger partial charge in [-0.25, -0.2) is 8.42 Å². The van der Waals surface area contributed by atoms with Gasteiger partial charge < -0.3 is 4.90 Å². The highest BCUT2D eigenvalue weighted by atomic mass is 32.2. The highest BCUT2D eigenvalue weighted by Crippen LogP contribution is 2.17. The maximum atomic E-state index is 12.0. The first-order valence-electron chi connectivity index (χ1n) is 5.83. The van der Waals surface area contributed by atoms with E-state index in [2.05, 4.69) is 4.98 Å². The second-order valence-electron chi connectivity index (χ2n) is 4.59. The fraction of sp³-hybridized carbons (Fsp3) is 0.500. The molecule has 2 rings (SSSR count). The van der Waals surface area contributed by atoms with Crippen molar-refractivity contribution in [2.24, 2.45) is 0 Å². The zero-order valence-corrected chi connectivity index (χ0v) is 11.1. The van der Waals surface area contributed by atoms with Crippen LogP contribution in [0.3, 0.4) is 0 Å². The molecule has 0 saturated carbocycles. The van der Waals surface area contributed by atoms with Gasteiger partial charge in [0.15, 0.2) is 9.84 Å². The molecule has 1 aromatic rings. The largest absolute Gasteiger partial charge is 0.341 e. The zero-order chi connectivity index (χ0) is 13.2. The average Bonchev–Trinajstić information content (AvgIpc) is 2.70. The van der Waals surface area contributed by atoms with Gasteiger partial charge in [-0.2, -0.15) is 0 Å². The van der Waals surface area contributed by atoms with Crippen LogP contribution in [0, 0.1) is 0 Å². The summed E-state index contributed by atoms with van der Waals surface area (Å²) in [4.78, 5) is 17.5. The molecule has 2 heterocycles. The average molecular weight is 268 g/mol. The second kappa shape index (κ2) is 5.06. The lowest BCUT2D eigenvalue weighted by atomic mass is 10.1. The SMILES string of the molecule is CN(C(=O)Cc1ccncc1)C1CCS(=O)(=O)C1. The Labute approximate surface area is 107 Å². The predicted octanol–water partition coefficient (Wildman–Crippen LogP) is 0.270. The zero-order valence-electron chi connectivity index (χ0n) is 10.2. The Balaban J connectivity index is 1.98. The summed E-state index contributed by atoms with van der Waals surface area (Å²) < 4.78 is 22.8. The summed E-state index contributed by atoms with van der Waals surface area (Å²) in [6.07, 6.45) is 4.11. The summed E-state index contributed by atoms with van der Waals surface area (Å²) >= 11 is 0. The minimum absolute atomic E-state index is 0.0525. The van der Waals surface area contributed by atoms with E-state index < -0.39 is 9.84 Å². The summed E-state index contributed by atoms with van der Waals surface area (Å²) in [5, 5.41) is 0. The third-order valence-electron chi connectivity index (χ3n) is 3.25. The molecule has 98 valence electrons. The Morgan fingerprint density at radius 2 is 2.11 bits per heavy atom. The molecular weight excluding hydrogens is 252 g/mol. The molecule has 1 saturated heterocycles. The van der Waals surface area contributed by atoms with Crippen LogP contribution in [0.15, 0.2) is 24.5 Å². The molecule has 0 spiro atoms. The molecule has 0 N–H and O–H groups in total. The predicted molar refractivity (Wildman–Crippen MR) is 67.8 cm³/mol. The van der Waals surface area contributed by atoms with E-state index >= 15 is 0 Å². The molecular formula is C12H16N2O3S. The van der Waals surface area contributed by atoms with Gasteiger partial charge in [-0.1, -0.05) is 0 Å². The molecule has 1 amide bonds. The molecule has 0 aromatic carbocycles. The number of hydrogen-bond acceptors (Lipinski definition) is 4. The third kappa shape index (κ3) is 3.07. The van der Waals surface area contributed by atoms with Crippen molar-refractivity contribution in [3.8, 4) is 0 Å². The standard InChI is InChI=1S/C12H16N2O3S/c1-14(11-4-7-18(16,17)9-11)12(15)8-10-2-5-13-6-3-10/h2-3,5-6,11H,4,7-9H2,1H3. The van der Waals surface area contributed by atoms with Gasteiger partial charge in [-0.05, 0) is 24.1 Å². The Hall–Kier alpha value is -1.43. The van der Waals surface area contributed by atoms with Crippen LogP contribution in [-0.4, -0.2) is 48.8 Å². The van der Waals surface area contributed by atoms with Gasteiger partial charge in [0, 0.05) is 25.5 Å². The number of carbonyl (C=O) groups excluding carboxylic acids is 1. The van der Waals surface area contributed by atoms with Crippen molar-refractivity contribution in [2.45, 2.75) is 18.9 Å². The lowest BCUT2D eigenvalue weighted by molar-refractivity contribution is -0.130. The Kier molecular flexibility index (Phi) is 3.65. The van der Waals surface area contributed by atoms with Crippen molar-refractivity contribution in [1.29, 1.82) is 0 Å². The summed E-state index contributed by atoms with van der Waals surface area (Å²) in [5.74, 6) is 0.221. The highest BCUT2D eigenvalue weighted by Gasteiger charge is 2.32. The van der Waals surface area contributed by atoms with Crippen LogP contribution in [0.5, 0.6) is 0 Å². The quantitative estimate of drug-likeness (QED) is 0.789. The Morgan fingerprint density at radius 1 is 1.44 bits per heavy atom. The van der Waals surface area contributed by atoms with Crippen molar-refractivity contribution in [2.75, 3.05) is 18.6 Å². The van der Waals surface area contributed by atoms with Crippen molar-refractivity contribution >= 4 is 15.7 Å². The van der Waals surface area contributed by atoms with Crippen LogP contribution in [0.1, 0.15) is 12.0 Å². The van der Waals surface area contributed by atoms with Crippen molar-refractivity contribution in [3.63, 3.8) is 0 Å². The summed E-state index contributed by atoms with van der Waals surface area (Å²) in [7, 11) is -1.28. The summed E-state index contributed by atoms with van der Waals surface area (Å²) in [6, 6.07) is 3.40. The molecule has 6 heteroatoms. The first kappa shape index (κ1) is 13.0. The number of likely N-dealkylation sites (N-methyl/N-ethyl adjacent to an activating group) is 1. The minimum atomic E-state index is -2.95. The number of carbonyl (C=O) groups is 1. The highest BCUT2D eigenvalue weighted by molar-refractivity contribution is 7.91. The molecule has 0 radical (unpaired) electrons. The van der Waals surface area contributed by atoms with Crippen LogP contribution in [0.2, 0.25) is 0 Å². The number of nitrogens with zero attached hydrogens (tertiary/aromatic N) is 2. The maximum Gasteiger partial charge on any atom is 0.227 e. The van der Waals surface area contributed by atoms with Crippen LogP contribution in [-0.2, 0) is 21.1 Å². The first-order valence-corrected chi connectivity index (χ1v) is 7.65. The second-order valence-corrected chi connectivity index (χ2v) is 6.82. The fourth-order valence-electron chi connectivity index (χ4n) is 2.08. The van der Waals surface area contributed by atoms with E-state index in [0.717, 1.165) is 5.56 Å². The number of rotatable bonds is 3. The van der Waals surface area contributed by atoms with Crippen molar-refractivity contribution < 1.29 is 13.2 Å². The van der Waals surface area contributed by atoms with E-state index in [1.54, 1.807) is 36.5 Å². The lowest BCUT2D eigenvalue weighted by Crippen LogP contribution is -2.38. The van der Waals surface area contributed by atoms with E-state index in [-0.39, 0.29) is 29.9 Å². The maximum absolute atomic E-state index is 12.0. The molecule has 0 aliphatic carbocycles. The molecule has 1 aliphatic rings. The van der Waals surface area contributed by atoms with E-state index in [9.17, 15) is 13.2 Å². The van der Waals surface area contributed by atoms with Gasteiger partial charge in [-0.15, -0.1) is 0 Å². The number of pyridine rings is 1. The first-order chi connectivity index (χ1) is 8.48. The van der Waals surface area contributed by atoms with E-state index in [4.69, 9.17) is 0 Å². The fourth-order valence-corrected chi connectivity index (χ4v) is 3.86. The van der Waals surface area contributed by atoms with Gasteiger partial charge >= 0.3 is 0 Å². The van der Waals surface area contributed by atoms with E-state index in [0.29, 0.717) is 6.42 Å². The van der Waals surface area contributed by atoms with E-state index in [1.165, 1.54) is 0 Å². The molecule has 1 aliphatic heterocycles. The van der Waals surface area contributed by atoms with Crippen LogP contribution >= 0.6 is 0 Å².